The average Bonchev–Trinajstić information content (AvgIpc) is 3.65. The van der Waals surface area contributed by atoms with Gasteiger partial charge in [0.2, 0.25) is 11.8 Å². The summed E-state index contributed by atoms with van der Waals surface area (Å²) >= 11 is 3.02. The molecule has 2 aromatic heterocycles. The molecule has 3 amide bonds. The number of anilines is 2. The number of ether oxygens (including phenoxy) is 1. The number of aryl methyl sites for hydroxylation is 4. The zero-order valence-electron chi connectivity index (χ0n) is 24.1. The summed E-state index contributed by atoms with van der Waals surface area (Å²) in [6, 6.07) is -0.520. The molecule has 2 fully saturated rings. The van der Waals surface area contributed by atoms with E-state index >= 15 is 0 Å². The largest absolute Gasteiger partial charge is 0.444 e. The van der Waals surface area contributed by atoms with Crippen LogP contribution in [-0.2, 0) is 27.2 Å². The number of carbonyl (C=O) groups excluding carboxylic acids is 3. The molecule has 2 aliphatic rings. The zero-order valence-corrected chi connectivity index (χ0v) is 25.7. The second-order valence-corrected chi connectivity index (χ2v) is 13.1. The third-order valence-electron chi connectivity index (χ3n) is 6.48. The van der Waals surface area contributed by atoms with Gasteiger partial charge in [-0.15, -0.1) is 22.7 Å². The van der Waals surface area contributed by atoms with Crippen molar-refractivity contribution in [1.29, 1.82) is 0 Å². The van der Waals surface area contributed by atoms with Gasteiger partial charge in [-0.25, -0.2) is 14.8 Å². The Morgan fingerprint density at radius 1 is 0.949 bits per heavy atom. The van der Waals surface area contributed by atoms with E-state index in [0.717, 1.165) is 60.0 Å². The third kappa shape index (κ3) is 8.71. The number of amides is 3. The number of carbonyl (C=O) groups is 3. The van der Waals surface area contributed by atoms with Crippen molar-refractivity contribution in [2.24, 2.45) is 0 Å². The average molecular weight is 579 g/mol. The van der Waals surface area contributed by atoms with Gasteiger partial charge in [0.05, 0.1) is 17.4 Å². The Morgan fingerprint density at radius 2 is 1.51 bits per heavy atom. The molecule has 4 heterocycles. The van der Waals surface area contributed by atoms with Gasteiger partial charge in [0.15, 0.2) is 10.3 Å². The second kappa shape index (κ2) is 13.7. The van der Waals surface area contributed by atoms with E-state index in [4.69, 9.17) is 4.74 Å². The van der Waals surface area contributed by atoms with Crippen LogP contribution >= 0.6 is 22.7 Å². The molecule has 3 N–H and O–H groups in total. The van der Waals surface area contributed by atoms with Crippen LogP contribution in [0.2, 0.25) is 0 Å². The maximum absolute atomic E-state index is 12.5. The number of likely N-dealkylation sites (tertiary alicyclic amines) is 1. The highest BCUT2D eigenvalue weighted by atomic mass is 32.1. The quantitative estimate of drug-likeness (QED) is 0.438. The fourth-order valence-electron chi connectivity index (χ4n) is 4.49. The van der Waals surface area contributed by atoms with Crippen molar-refractivity contribution in [1.82, 2.24) is 20.2 Å². The molecule has 2 aliphatic heterocycles. The Labute approximate surface area is 239 Å². The van der Waals surface area contributed by atoms with Gasteiger partial charge in [-0.05, 0) is 79.7 Å². The number of thiazole rings is 2. The van der Waals surface area contributed by atoms with E-state index in [1.807, 2.05) is 41.5 Å². The first-order chi connectivity index (χ1) is 18.4. The Hall–Kier alpha value is -2.57. The van der Waals surface area contributed by atoms with E-state index in [-0.39, 0.29) is 17.9 Å². The normalized spacial score (nSPS) is 18.9. The number of hydrogen-bond donors (Lipinski definition) is 3. The van der Waals surface area contributed by atoms with Crippen LogP contribution in [0, 0.1) is 13.8 Å². The molecule has 2 atom stereocenters. The molecule has 4 rings (SSSR count). The summed E-state index contributed by atoms with van der Waals surface area (Å²) in [5, 5.41) is 10.2. The van der Waals surface area contributed by atoms with Gasteiger partial charge in [-0.3, -0.25) is 14.5 Å². The molecule has 39 heavy (non-hydrogen) atoms. The highest BCUT2D eigenvalue weighted by molar-refractivity contribution is 7.16. The van der Waals surface area contributed by atoms with Crippen molar-refractivity contribution in [3.63, 3.8) is 0 Å². The monoisotopic (exact) mass is 578 g/mol. The standard InChI is InChI=1S/C16H25N3O3S.C11H17N3OS/c1-6-11-10(2)23-14(17-11)18-13(20)12-8-7-9-19(12)15(21)22-16(3,4)5;1-3-8-7(2)16-11(13-8)14-10(15)9-5-4-6-12-9/h12H,6-9H2,1-5H3,(H,17,18,20);9,12H,3-6H2,1-2H3,(H,13,14,15)/t12-;9-/m11/s1. The molecule has 0 bridgehead atoms. The van der Waals surface area contributed by atoms with E-state index in [9.17, 15) is 14.4 Å². The lowest BCUT2D eigenvalue weighted by atomic mass is 10.2. The van der Waals surface area contributed by atoms with Crippen LogP contribution in [-0.4, -0.2) is 63.5 Å². The van der Waals surface area contributed by atoms with Gasteiger partial charge in [-0.1, -0.05) is 13.8 Å². The molecule has 216 valence electrons. The predicted molar refractivity (Wildman–Crippen MR) is 157 cm³/mol. The van der Waals surface area contributed by atoms with E-state index in [0.29, 0.717) is 18.1 Å². The minimum absolute atomic E-state index is 0.0331. The summed E-state index contributed by atoms with van der Waals surface area (Å²) < 4.78 is 5.39. The Bertz CT molecular complexity index is 1150. The van der Waals surface area contributed by atoms with Gasteiger partial charge in [0.25, 0.3) is 0 Å². The summed E-state index contributed by atoms with van der Waals surface area (Å²) in [5.74, 6) is -0.140. The first kappa shape index (κ1) is 31.0. The smallest absolute Gasteiger partial charge is 0.410 e. The number of nitrogens with one attached hydrogen (secondary N) is 3. The van der Waals surface area contributed by atoms with Crippen LogP contribution in [0.3, 0.4) is 0 Å². The van der Waals surface area contributed by atoms with Crippen molar-refractivity contribution in [2.45, 2.75) is 105 Å². The second-order valence-electron chi connectivity index (χ2n) is 10.7. The van der Waals surface area contributed by atoms with E-state index in [2.05, 4.69) is 32.8 Å². The molecular formula is C27H42N6O4S2. The molecule has 0 radical (unpaired) electrons. The maximum Gasteiger partial charge on any atom is 0.410 e. The lowest BCUT2D eigenvalue weighted by molar-refractivity contribution is -0.120. The van der Waals surface area contributed by atoms with Crippen molar-refractivity contribution in [2.75, 3.05) is 23.7 Å². The summed E-state index contributed by atoms with van der Waals surface area (Å²) in [5.41, 5.74) is 1.52. The topological polar surface area (TPSA) is 126 Å². The number of hydrogen-bond acceptors (Lipinski definition) is 9. The van der Waals surface area contributed by atoms with Crippen molar-refractivity contribution in [3.05, 3.63) is 21.1 Å². The zero-order chi connectivity index (χ0) is 28.7. The fourth-order valence-corrected chi connectivity index (χ4v) is 6.30. The molecule has 2 saturated heterocycles. The summed E-state index contributed by atoms with van der Waals surface area (Å²) in [6.07, 6.45) is 4.78. The van der Waals surface area contributed by atoms with Crippen LogP contribution in [0.4, 0.5) is 15.1 Å². The van der Waals surface area contributed by atoms with Gasteiger partial charge in [-0.2, -0.15) is 0 Å². The minimum Gasteiger partial charge on any atom is -0.444 e. The SMILES string of the molecule is CCc1nc(NC(=O)[C@H]2CCCN2)sc1C.CCc1nc(NC(=O)[C@H]2CCCN2C(=O)OC(C)(C)C)sc1C. The minimum atomic E-state index is -0.566. The highest BCUT2D eigenvalue weighted by Crippen LogP contribution is 2.26. The van der Waals surface area contributed by atoms with Gasteiger partial charge in [0, 0.05) is 16.3 Å². The molecule has 2 aromatic rings. The molecule has 0 spiro atoms. The lowest BCUT2D eigenvalue weighted by Crippen LogP contribution is -2.45. The lowest BCUT2D eigenvalue weighted by Gasteiger charge is -2.27. The molecule has 0 aliphatic carbocycles. The Balaban J connectivity index is 0.000000230. The molecule has 10 nitrogen and oxygen atoms in total. The Morgan fingerprint density at radius 3 is 1.97 bits per heavy atom. The highest BCUT2D eigenvalue weighted by Gasteiger charge is 2.37. The molecular weight excluding hydrogens is 536 g/mol. The number of aromatic nitrogens is 2. The number of nitrogens with zero attached hydrogens (tertiary/aromatic N) is 3. The predicted octanol–water partition coefficient (Wildman–Crippen LogP) is 5.06. The summed E-state index contributed by atoms with van der Waals surface area (Å²) in [7, 11) is 0. The number of rotatable bonds is 6. The van der Waals surface area contributed by atoms with Crippen LogP contribution in [0.5, 0.6) is 0 Å². The molecule has 0 unspecified atom stereocenters. The van der Waals surface area contributed by atoms with E-state index in [1.54, 1.807) is 11.3 Å². The van der Waals surface area contributed by atoms with Crippen molar-refractivity contribution >= 4 is 50.8 Å². The van der Waals surface area contributed by atoms with Crippen molar-refractivity contribution < 1.29 is 19.1 Å². The molecule has 0 aromatic carbocycles. The van der Waals surface area contributed by atoms with Crippen LogP contribution in [0.15, 0.2) is 0 Å². The van der Waals surface area contributed by atoms with E-state index in [1.165, 1.54) is 21.1 Å². The summed E-state index contributed by atoms with van der Waals surface area (Å²) in [4.78, 5) is 49.2. The fraction of sp³-hybridized carbons (Fsp3) is 0.667. The van der Waals surface area contributed by atoms with Crippen LogP contribution in [0.1, 0.15) is 81.4 Å². The first-order valence-corrected chi connectivity index (χ1v) is 15.3. The van der Waals surface area contributed by atoms with E-state index < -0.39 is 17.7 Å². The Kier molecular flexibility index (Phi) is 10.9. The molecule has 0 saturated carbocycles. The first-order valence-electron chi connectivity index (χ1n) is 13.7. The van der Waals surface area contributed by atoms with Gasteiger partial charge >= 0.3 is 6.09 Å². The van der Waals surface area contributed by atoms with Crippen LogP contribution in [0.25, 0.3) is 0 Å². The third-order valence-corrected chi connectivity index (χ3v) is 8.33. The maximum atomic E-state index is 12.5. The summed E-state index contributed by atoms with van der Waals surface area (Å²) in [6.45, 7) is 15.1. The van der Waals surface area contributed by atoms with Gasteiger partial charge in [0.1, 0.15) is 11.6 Å². The van der Waals surface area contributed by atoms with Gasteiger partial charge < -0.3 is 20.7 Å². The van der Waals surface area contributed by atoms with Crippen molar-refractivity contribution in [3.8, 4) is 0 Å². The van der Waals surface area contributed by atoms with Crippen LogP contribution < -0.4 is 16.0 Å². The molecule has 12 heteroatoms.